The third kappa shape index (κ3) is 4.76. The van der Waals surface area contributed by atoms with Gasteiger partial charge in [-0.3, -0.25) is 4.79 Å². The van der Waals surface area contributed by atoms with Crippen LogP contribution in [0.2, 0.25) is 0 Å². The second-order valence-corrected chi connectivity index (χ2v) is 5.94. The third-order valence-corrected chi connectivity index (χ3v) is 3.13. The van der Waals surface area contributed by atoms with E-state index in [9.17, 15) is 9.59 Å². The van der Waals surface area contributed by atoms with Crippen LogP contribution < -0.4 is 0 Å². The van der Waals surface area contributed by atoms with Gasteiger partial charge in [-0.15, -0.1) is 0 Å². The van der Waals surface area contributed by atoms with Crippen LogP contribution in [0.5, 0.6) is 0 Å². The van der Waals surface area contributed by atoms with Crippen molar-refractivity contribution in [1.82, 2.24) is 4.90 Å². The van der Waals surface area contributed by atoms with Crippen LogP contribution in [-0.2, 0) is 19.0 Å². The second-order valence-electron chi connectivity index (χ2n) is 5.94. The topological polar surface area (TPSA) is 65.1 Å². The van der Waals surface area contributed by atoms with Gasteiger partial charge in [0, 0.05) is 33.2 Å². The molecule has 20 heavy (non-hydrogen) atoms. The van der Waals surface area contributed by atoms with E-state index in [1.54, 1.807) is 4.90 Å². The maximum atomic E-state index is 12.1. The van der Waals surface area contributed by atoms with Gasteiger partial charge < -0.3 is 19.1 Å². The lowest BCUT2D eigenvalue weighted by Crippen LogP contribution is -2.42. The van der Waals surface area contributed by atoms with Gasteiger partial charge in [0.2, 0.25) is 6.29 Å². The van der Waals surface area contributed by atoms with E-state index >= 15 is 0 Å². The van der Waals surface area contributed by atoms with E-state index in [2.05, 4.69) is 0 Å². The summed E-state index contributed by atoms with van der Waals surface area (Å²) in [6, 6.07) is -0.134. The molecular formula is C14H25NO5. The zero-order valence-electron chi connectivity index (χ0n) is 13.0. The van der Waals surface area contributed by atoms with E-state index in [0.29, 0.717) is 6.54 Å². The number of ether oxygens (including phenoxy) is 3. The molecule has 0 spiro atoms. The number of hydrogen-bond acceptors (Lipinski definition) is 5. The molecule has 0 aromatic rings. The summed E-state index contributed by atoms with van der Waals surface area (Å²) in [6.45, 7) is 6.10. The SMILES string of the molecule is COC(OC)C(=O)CC1CCCN1C(=O)OC(C)(C)C. The summed E-state index contributed by atoms with van der Waals surface area (Å²) >= 11 is 0. The fourth-order valence-corrected chi connectivity index (χ4v) is 2.30. The van der Waals surface area contributed by atoms with Crippen molar-refractivity contribution >= 4 is 11.9 Å². The lowest BCUT2D eigenvalue weighted by Gasteiger charge is -2.28. The zero-order chi connectivity index (χ0) is 15.3. The number of rotatable bonds is 5. The van der Waals surface area contributed by atoms with Crippen molar-refractivity contribution in [2.45, 2.75) is 58.0 Å². The standard InChI is InChI=1S/C14H25NO5/c1-14(2,3)20-13(17)15-8-6-7-10(15)9-11(16)12(18-4)19-5/h10,12H,6-9H2,1-5H3. The molecule has 116 valence electrons. The molecule has 0 aliphatic carbocycles. The Morgan fingerprint density at radius 3 is 2.35 bits per heavy atom. The maximum absolute atomic E-state index is 12.1. The minimum atomic E-state index is -0.865. The van der Waals surface area contributed by atoms with Gasteiger partial charge in [0.25, 0.3) is 0 Å². The molecule has 0 saturated carbocycles. The summed E-state index contributed by atoms with van der Waals surface area (Å²) in [7, 11) is 2.85. The normalized spacial score (nSPS) is 19.5. The predicted molar refractivity (Wildman–Crippen MR) is 73.4 cm³/mol. The number of carbonyl (C=O) groups is 2. The molecule has 1 saturated heterocycles. The van der Waals surface area contributed by atoms with Crippen molar-refractivity contribution in [3.8, 4) is 0 Å². The molecule has 0 aromatic carbocycles. The first-order valence-electron chi connectivity index (χ1n) is 6.86. The molecule has 1 fully saturated rings. The Balaban J connectivity index is 2.61. The Bertz CT molecular complexity index is 346. The molecule has 1 aliphatic rings. The summed E-state index contributed by atoms with van der Waals surface area (Å²) < 4.78 is 15.2. The minimum absolute atomic E-state index is 0.134. The molecule has 1 atom stereocenters. The molecule has 0 radical (unpaired) electrons. The number of hydrogen-bond donors (Lipinski definition) is 0. The molecule has 0 bridgehead atoms. The molecular weight excluding hydrogens is 262 g/mol. The molecule has 0 N–H and O–H groups in total. The van der Waals surface area contributed by atoms with Crippen molar-refractivity contribution < 1.29 is 23.8 Å². The summed E-state index contributed by atoms with van der Waals surface area (Å²) in [6.07, 6.45) is 0.675. The molecule has 1 rings (SSSR count). The minimum Gasteiger partial charge on any atom is -0.444 e. The first-order valence-corrected chi connectivity index (χ1v) is 6.86. The molecule has 6 heteroatoms. The molecule has 0 aromatic heterocycles. The van der Waals surface area contributed by atoms with Crippen LogP contribution in [0, 0.1) is 0 Å². The molecule has 6 nitrogen and oxygen atoms in total. The van der Waals surface area contributed by atoms with Gasteiger partial charge in [-0.05, 0) is 33.6 Å². The Hall–Kier alpha value is -1.14. The Morgan fingerprint density at radius 2 is 1.85 bits per heavy atom. The highest BCUT2D eigenvalue weighted by Crippen LogP contribution is 2.23. The second kappa shape index (κ2) is 7.04. The number of nitrogens with zero attached hydrogens (tertiary/aromatic N) is 1. The highest BCUT2D eigenvalue weighted by Gasteiger charge is 2.34. The van der Waals surface area contributed by atoms with E-state index in [1.165, 1.54) is 14.2 Å². The monoisotopic (exact) mass is 287 g/mol. The van der Waals surface area contributed by atoms with Crippen molar-refractivity contribution in [2.75, 3.05) is 20.8 Å². The van der Waals surface area contributed by atoms with E-state index in [-0.39, 0.29) is 24.3 Å². The van der Waals surface area contributed by atoms with Gasteiger partial charge in [0.1, 0.15) is 5.60 Å². The largest absolute Gasteiger partial charge is 0.444 e. The van der Waals surface area contributed by atoms with E-state index in [4.69, 9.17) is 14.2 Å². The first kappa shape index (κ1) is 16.9. The quantitative estimate of drug-likeness (QED) is 0.723. The molecule has 1 amide bonds. The van der Waals surface area contributed by atoms with Crippen LogP contribution in [0.4, 0.5) is 4.79 Å². The van der Waals surface area contributed by atoms with Gasteiger partial charge >= 0.3 is 6.09 Å². The molecule has 1 heterocycles. The zero-order valence-corrected chi connectivity index (χ0v) is 13.0. The van der Waals surface area contributed by atoms with Crippen LogP contribution in [0.25, 0.3) is 0 Å². The number of likely N-dealkylation sites (tertiary alicyclic amines) is 1. The smallest absolute Gasteiger partial charge is 0.410 e. The highest BCUT2D eigenvalue weighted by molar-refractivity contribution is 5.83. The average Bonchev–Trinajstić information content (AvgIpc) is 2.76. The Kier molecular flexibility index (Phi) is 5.95. The Morgan fingerprint density at radius 1 is 1.25 bits per heavy atom. The number of carbonyl (C=O) groups excluding carboxylic acids is 2. The van der Waals surface area contributed by atoms with Crippen molar-refractivity contribution in [3.63, 3.8) is 0 Å². The van der Waals surface area contributed by atoms with Crippen LogP contribution in [0.3, 0.4) is 0 Å². The van der Waals surface area contributed by atoms with Gasteiger partial charge in [-0.25, -0.2) is 4.79 Å². The third-order valence-electron chi connectivity index (χ3n) is 3.13. The fourth-order valence-electron chi connectivity index (χ4n) is 2.30. The molecule has 1 aliphatic heterocycles. The number of Topliss-reactive ketones (excluding diaryl/α,β-unsaturated/α-hetero) is 1. The lowest BCUT2D eigenvalue weighted by atomic mass is 10.1. The van der Waals surface area contributed by atoms with Crippen molar-refractivity contribution in [2.24, 2.45) is 0 Å². The average molecular weight is 287 g/mol. The van der Waals surface area contributed by atoms with E-state index in [0.717, 1.165) is 12.8 Å². The van der Waals surface area contributed by atoms with Crippen LogP contribution in [-0.4, -0.2) is 55.5 Å². The van der Waals surface area contributed by atoms with Gasteiger partial charge in [-0.2, -0.15) is 0 Å². The maximum Gasteiger partial charge on any atom is 0.410 e. The summed E-state index contributed by atoms with van der Waals surface area (Å²) in [4.78, 5) is 25.7. The Labute approximate surface area is 120 Å². The summed E-state index contributed by atoms with van der Waals surface area (Å²) in [5.74, 6) is -0.157. The van der Waals surface area contributed by atoms with Crippen molar-refractivity contribution in [1.29, 1.82) is 0 Å². The highest BCUT2D eigenvalue weighted by atomic mass is 16.7. The van der Waals surface area contributed by atoms with Gasteiger partial charge in [-0.1, -0.05) is 0 Å². The fraction of sp³-hybridized carbons (Fsp3) is 0.857. The summed E-state index contributed by atoms with van der Waals surface area (Å²) in [5, 5.41) is 0. The van der Waals surface area contributed by atoms with E-state index in [1.807, 2.05) is 20.8 Å². The van der Waals surface area contributed by atoms with Gasteiger partial charge in [0.05, 0.1) is 0 Å². The first-order chi connectivity index (χ1) is 9.28. The van der Waals surface area contributed by atoms with Crippen molar-refractivity contribution in [3.05, 3.63) is 0 Å². The number of ketones is 1. The molecule has 1 unspecified atom stereocenters. The van der Waals surface area contributed by atoms with Crippen LogP contribution in [0.15, 0.2) is 0 Å². The van der Waals surface area contributed by atoms with Crippen LogP contribution in [0.1, 0.15) is 40.0 Å². The summed E-state index contributed by atoms with van der Waals surface area (Å²) in [5.41, 5.74) is -0.532. The predicted octanol–water partition coefficient (Wildman–Crippen LogP) is 1.96. The lowest BCUT2D eigenvalue weighted by molar-refractivity contribution is -0.157. The number of methoxy groups -OCH3 is 2. The van der Waals surface area contributed by atoms with Crippen LogP contribution >= 0.6 is 0 Å². The van der Waals surface area contributed by atoms with Gasteiger partial charge in [0.15, 0.2) is 5.78 Å². The number of amides is 1. The van der Waals surface area contributed by atoms with E-state index < -0.39 is 11.9 Å².